The average molecular weight is 377 g/mol. The molecule has 1 rings (SSSR count). The van der Waals surface area contributed by atoms with E-state index in [0.29, 0.717) is 7.11 Å². The molecule has 0 radical (unpaired) electrons. The normalized spacial score (nSPS) is 14.8. The molecule has 0 fully saturated rings. The van der Waals surface area contributed by atoms with Gasteiger partial charge in [-0.05, 0) is 0 Å². The predicted molar refractivity (Wildman–Crippen MR) is 81.5 cm³/mol. The topological polar surface area (TPSA) is 105 Å². The third kappa shape index (κ3) is 4.72. The molecule has 2 N–H and O–H groups in total. The van der Waals surface area contributed by atoms with Gasteiger partial charge in [-0.25, -0.2) is 4.79 Å². The smallest absolute Gasteiger partial charge is 0.432 e. The number of nitrogens with two attached hydrogens (primary N) is 1. The van der Waals surface area contributed by atoms with Crippen molar-refractivity contribution in [1.82, 2.24) is 0 Å². The highest BCUT2D eigenvalue weighted by molar-refractivity contribution is 5.84. The molecule has 0 saturated carbocycles. The van der Waals surface area contributed by atoms with Gasteiger partial charge in [-0.2, -0.15) is 13.2 Å². The van der Waals surface area contributed by atoms with E-state index in [2.05, 4.69) is 9.47 Å². The lowest BCUT2D eigenvalue weighted by Gasteiger charge is -2.33. The lowest BCUT2D eigenvalue weighted by atomic mass is 9.92. The van der Waals surface area contributed by atoms with Crippen LogP contribution in [0.15, 0.2) is 30.3 Å². The molecule has 1 aromatic rings. The van der Waals surface area contributed by atoms with Crippen LogP contribution in [0.1, 0.15) is 18.4 Å². The second-order valence-corrected chi connectivity index (χ2v) is 5.23. The Bertz CT molecular complexity index is 649. The van der Waals surface area contributed by atoms with E-state index < -0.39 is 54.1 Å². The first-order valence-electron chi connectivity index (χ1n) is 7.32. The number of halogens is 3. The first-order chi connectivity index (χ1) is 12.1. The number of amides is 1. The summed E-state index contributed by atoms with van der Waals surface area (Å²) >= 11 is 0. The zero-order chi connectivity index (χ0) is 20.0. The number of primary amides is 1. The maximum Gasteiger partial charge on any atom is 0.432 e. The average Bonchev–Trinajstić information content (AvgIpc) is 2.54. The summed E-state index contributed by atoms with van der Waals surface area (Å²) in [5.74, 6) is -3.69. The Labute approximate surface area is 147 Å². The second-order valence-electron chi connectivity index (χ2n) is 5.23. The van der Waals surface area contributed by atoms with Gasteiger partial charge < -0.3 is 19.9 Å². The minimum absolute atomic E-state index is 0.518. The molecule has 0 aromatic heterocycles. The number of esters is 2. The Hall–Kier alpha value is -2.62. The first kappa shape index (κ1) is 21.4. The van der Waals surface area contributed by atoms with Crippen LogP contribution in [-0.2, 0) is 34.2 Å². The SMILES string of the molecule is COC(=O)C[C@H](CC(N)=O)OC(=O)[C@](OC)(c1ccccc1)C(F)(F)F. The highest BCUT2D eigenvalue weighted by Gasteiger charge is 2.64. The third-order valence-corrected chi connectivity index (χ3v) is 3.50. The molecule has 0 spiro atoms. The standard InChI is InChI=1S/C16H18F3NO6/c1-24-13(22)9-11(8-12(20)21)26-14(23)15(25-2,16(17,18)19)10-6-4-3-5-7-10/h3-7,11H,8-9H2,1-2H3,(H2,20,21)/t11-,15+/m0/s1. The number of hydrogen-bond donors (Lipinski definition) is 1. The summed E-state index contributed by atoms with van der Waals surface area (Å²) in [6.45, 7) is 0. The molecule has 10 heteroatoms. The molecular formula is C16H18F3NO6. The van der Waals surface area contributed by atoms with Gasteiger partial charge in [-0.1, -0.05) is 30.3 Å². The van der Waals surface area contributed by atoms with E-state index in [0.717, 1.165) is 19.2 Å². The number of rotatable bonds is 8. The number of carbonyl (C=O) groups is 3. The van der Waals surface area contributed by atoms with E-state index in [1.54, 1.807) is 0 Å². The zero-order valence-electron chi connectivity index (χ0n) is 14.0. The summed E-state index contributed by atoms with van der Waals surface area (Å²) in [5.41, 5.74) is 1.04. The molecule has 2 atom stereocenters. The van der Waals surface area contributed by atoms with Crippen LogP contribution in [0.2, 0.25) is 0 Å². The monoisotopic (exact) mass is 377 g/mol. The summed E-state index contributed by atoms with van der Waals surface area (Å²) in [6.07, 6.45) is -8.01. The number of hydrogen-bond acceptors (Lipinski definition) is 6. The van der Waals surface area contributed by atoms with Gasteiger partial charge in [0.25, 0.3) is 5.60 Å². The number of ether oxygens (including phenoxy) is 3. The molecule has 0 aliphatic rings. The summed E-state index contributed by atoms with van der Waals surface area (Å²) in [7, 11) is 1.73. The lowest BCUT2D eigenvalue weighted by molar-refractivity contribution is -0.278. The van der Waals surface area contributed by atoms with Crippen molar-refractivity contribution in [2.45, 2.75) is 30.7 Å². The molecular weight excluding hydrogens is 359 g/mol. The predicted octanol–water partition coefficient (Wildman–Crippen LogP) is 1.44. The van der Waals surface area contributed by atoms with Crippen LogP contribution in [0, 0.1) is 0 Å². The minimum Gasteiger partial charge on any atom is -0.469 e. The molecule has 0 aliphatic heterocycles. The molecule has 0 heterocycles. The highest BCUT2D eigenvalue weighted by Crippen LogP contribution is 2.43. The van der Waals surface area contributed by atoms with Gasteiger partial charge in [-0.15, -0.1) is 0 Å². The molecule has 0 saturated heterocycles. The molecule has 1 aromatic carbocycles. The molecule has 0 unspecified atom stereocenters. The Kier molecular flexibility index (Phi) is 7.13. The number of methoxy groups -OCH3 is 2. The Morgan fingerprint density at radius 3 is 2.08 bits per heavy atom. The number of carbonyl (C=O) groups excluding carboxylic acids is 3. The Balaban J connectivity index is 3.26. The van der Waals surface area contributed by atoms with E-state index >= 15 is 0 Å². The highest BCUT2D eigenvalue weighted by atomic mass is 19.4. The van der Waals surface area contributed by atoms with Gasteiger partial charge in [0.1, 0.15) is 6.10 Å². The van der Waals surface area contributed by atoms with E-state index in [1.807, 2.05) is 0 Å². The van der Waals surface area contributed by atoms with Crippen LogP contribution in [0.25, 0.3) is 0 Å². The number of alkyl halides is 3. The van der Waals surface area contributed by atoms with Crippen molar-refractivity contribution in [3.8, 4) is 0 Å². The third-order valence-electron chi connectivity index (χ3n) is 3.50. The minimum atomic E-state index is -5.18. The summed E-state index contributed by atoms with van der Waals surface area (Å²) < 4.78 is 54.9. The van der Waals surface area contributed by atoms with Crippen LogP contribution >= 0.6 is 0 Å². The molecule has 144 valence electrons. The maximum absolute atomic E-state index is 13.7. The quantitative estimate of drug-likeness (QED) is 0.688. The van der Waals surface area contributed by atoms with Crippen LogP contribution < -0.4 is 5.73 Å². The number of benzene rings is 1. The van der Waals surface area contributed by atoms with Gasteiger partial charge in [0.05, 0.1) is 20.0 Å². The van der Waals surface area contributed by atoms with E-state index in [1.165, 1.54) is 18.2 Å². The fourth-order valence-corrected chi connectivity index (χ4v) is 2.27. The second kappa shape index (κ2) is 8.65. The largest absolute Gasteiger partial charge is 0.469 e. The lowest BCUT2D eigenvalue weighted by Crippen LogP contribution is -2.52. The fraction of sp³-hybridized carbons (Fsp3) is 0.438. The molecule has 7 nitrogen and oxygen atoms in total. The van der Waals surface area contributed by atoms with Crippen molar-refractivity contribution >= 4 is 17.8 Å². The molecule has 26 heavy (non-hydrogen) atoms. The molecule has 0 bridgehead atoms. The molecule has 0 aliphatic carbocycles. The van der Waals surface area contributed by atoms with Gasteiger partial charge in [0.15, 0.2) is 0 Å². The van der Waals surface area contributed by atoms with Crippen LogP contribution in [0.3, 0.4) is 0 Å². The van der Waals surface area contributed by atoms with Gasteiger partial charge in [0.2, 0.25) is 5.91 Å². The fourth-order valence-electron chi connectivity index (χ4n) is 2.27. The van der Waals surface area contributed by atoms with E-state index in [9.17, 15) is 27.6 Å². The summed E-state index contributed by atoms with van der Waals surface area (Å²) in [6, 6.07) is 6.12. The molecule has 1 amide bonds. The van der Waals surface area contributed by atoms with E-state index in [-0.39, 0.29) is 0 Å². The summed E-state index contributed by atoms with van der Waals surface area (Å²) in [4.78, 5) is 34.9. The Morgan fingerprint density at radius 1 is 1.08 bits per heavy atom. The zero-order valence-corrected chi connectivity index (χ0v) is 14.0. The van der Waals surface area contributed by atoms with Crippen molar-refractivity contribution in [3.63, 3.8) is 0 Å². The van der Waals surface area contributed by atoms with Crippen molar-refractivity contribution in [2.24, 2.45) is 5.73 Å². The maximum atomic E-state index is 13.7. The first-order valence-corrected chi connectivity index (χ1v) is 7.32. The van der Waals surface area contributed by atoms with Crippen LogP contribution in [0.5, 0.6) is 0 Å². The van der Waals surface area contributed by atoms with Crippen molar-refractivity contribution in [2.75, 3.05) is 14.2 Å². The van der Waals surface area contributed by atoms with Crippen LogP contribution in [-0.4, -0.2) is 44.3 Å². The van der Waals surface area contributed by atoms with Crippen molar-refractivity contribution in [1.29, 1.82) is 0 Å². The van der Waals surface area contributed by atoms with Crippen LogP contribution in [0.4, 0.5) is 13.2 Å². The van der Waals surface area contributed by atoms with Gasteiger partial charge in [-0.3, -0.25) is 9.59 Å². The van der Waals surface area contributed by atoms with E-state index in [4.69, 9.17) is 10.5 Å². The van der Waals surface area contributed by atoms with Crippen molar-refractivity contribution < 1.29 is 41.8 Å². The summed E-state index contributed by atoms with van der Waals surface area (Å²) in [5, 5.41) is 0. The Morgan fingerprint density at radius 2 is 1.65 bits per heavy atom. The van der Waals surface area contributed by atoms with Crippen molar-refractivity contribution in [3.05, 3.63) is 35.9 Å². The van der Waals surface area contributed by atoms with Gasteiger partial charge >= 0.3 is 18.1 Å². The van der Waals surface area contributed by atoms with Gasteiger partial charge in [0, 0.05) is 12.7 Å².